The fraction of sp³-hybridized carbons (Fsp3) is 0.250. The standard InChI is InChI=1S/C16H17N3O5/c1-18-14(21)7-8-19(16(18)24)10-13(20)17-12(15(22)23)9-11-5-3-2-4-6-11/h2-8,12H,9-10H2,1H3,(H,17,20)(H,22,23). The Kier molecular flexibility index (Phi) is 5.31. The van der Waals surface area contributed by atoms with E-state index >= 15 is 0 Å². The number of aliphatic carboxylic acids is 1. The lowest BCUT2D eigenvalue weighted by molar-refractivity contribution is -0.141. The first-order valence-electron chi connectivity index (χ1n) is 7.21. The molecule has 0 bridgehead atoms. The number of aromatic nitrogens is 2. The summed E-state index contributed by atoms with van der Waals surface area (Å²) in [5.41, 5.74) is -0.360. The Hall–Kier alpha value is -3.16. The maximum Gasteiger partial charge on any atom is 0.331 e. The molecule has 0 aliphatic rings. The van der Waals surface area contributed by atoms with Crippen molar-refractivity contribution >= 4 is 11.9 Å². The molecule has 8 heteroatoms. The van der Waals surface area contributed by atoms with Crippen molar-refractivity contribution in [2.45, 2.75) is 19.0 Å². The van der Waals surface area contributed by atoms with E-state index < -0.39 is 29.2 Å². The van der Waals surface area contributed by atoms with Crippen LogP contribution < -0.4 is 16.6 Å². The number of carboxylic acid groups (broad SMARTS) is 1. The van der Waals surface area contributed by atoms with Gasteiger partial charge < -0.3 is 10.4 Å². The molecule has 24 heavy (non-hydrogen) atoms. The monoisotopic (exact) mass is 331 g/mol. The molecule has 2 aromatic rings. The van der Waals surface area contributed by atoms with Gasteiger partial charge in [-0.1, -0.05) is 30.3 Å². The van der Waals surface area contributed by atoms with Gasteiger partial charge in [-0.3, -0.25) is 18.7 Å². The molecular weight excluding hydrogens is 314 g/mol. The quantitative estimate of drug-likeness (QED) is 0.731. The highest BCUT2D eigenvalue weighted by molar-refractivity contribution is 5.83. The van der Waals surface area contributed by atoms with Gasteiger partial charge in [0.05, 0.1) is 0 Å². The minimum absolute atomic E-state index is 0.129. The van der Waals surface area contributed by atoms with Crippen molar-refractivity contribution in [2.75, 3.05) is 0 Å². The number of rotatable bonds is 6. The second-order valence-electron chi connectivity index (χ2n) is 5.27. The van der Waals surface area contributed by atoms with E-state index in [1.807, 2.05) is 6.07 Å². The maximum absolute atomic E-state index is 12.0. The molecular formula is C16H17N3O5. The van der Waals surface area contributed by atoms with Gasteiger partial charge in [-0.2, -0.15) is 0 Å². The molecule has 0 spiro atoms. The largest absolute Gasteiger partial charge is 0.480 e. The Morgan fingerprint density at radius 3 is 2.46 bits per heavy atom. The van der Waals surface area contributed by atoms with Crippen molar-refractivity contribution in [1.29, 1.82) is 0 Å². The van der Waals surface area contributed by atoms with Gasteiger partial charge in [-0.15, -0.1) is 0 Å². The third kappa shape index (κ3) is 4.19. The predicted molar refractivity (Wildman–Crippen MR) is 85.7 cm³/mol. The Labute approximate surface area is 137 Å². The summed E-state index contributed by atoms with van der Waals surface area (Å²) >= 11 is 0. The van der Waals surface area contributed by atoms with Crippen molar-refractivity contribution in [1.82, 2.24) is 14.5 Å². The summed E-state index contributed by atoms with van der Waals surface area (Å²) in [7, 11) is 1.30. The highest BCUT2D eigenvalue weighted by Gasteiger charge is 2.20. The summed E-state index contributed by atoms with van der Waals surface area (Å²) < 4.78 is 1.91. The van der Waals surface area contributed by atoms with Gasteiger partial charge in [0.2, 0.25) is 5.91 Å². The van der Waals surface area contributed by atoms with E-state index in [1.165, 1.54) is 13.2 Å². The molecule has 8 nitrogen and oxygen atoms in total. The summed E-state index contributed by atoms with van der Waals surface area (Å²) in [4.78, 5) is 46.6. The average Bonchev–Trinajstić information content (AvgIpc) is 2.56. The Morgan fingerprint density at radius 2 is 1.83 bits per heavy atom. The third-order valence-corrected chi connectivity index (χ3v) is 3.49. The van der Waals surface area contributed by atoms with Crippen LogP contribution in [0, 0.1) is 0 Å². The van der Waals surface area contributed by atoms with E-state index in [4.69, 9.17) is 0 Å². The van der Waals surface area contributed by atoms with Crippen molar-refractivity contribution in [2.24, 2.45) is 7.05 Å². The van der Waals surface area contributed by atoms with E-state index in [1.54, 1.807) is 24.3 Å². The minimum Gasteiger partial charge on any atom is -0.480 e. The molecule has 0 radical (unpaired) electrons. The summed E-state index contributed by atoms with van der Waals surface area (Å²) in [6.07, 6.45) is 1.33. The van der Waals surface area contributed by atoms with Crippen LogP contribution in [0.4, 0.5) is 0 Å². The zero-order valence-electron chi connectivity index (χ0n) is 13.0. The van der Waals surface area contributed by atoms with Crippen LogP contribution in [0.15, 0.2) is 52.2 Å². The SMILES string of the molecule is Cn1c(=O)ccn(CC(=O)NC(Cc2ccccc2)C(=O)O)c1=O. The van der Waals surface area contributed by atoms with Gasteiger partial charge in [-0.05, 0) is 5.56 Å². The number of benzene rings is 1. The molecule has 0 saturated heterocycles. The Balaban J connectivity index is 2.09. The van der Waals surface area contributed by atoms with Gasteiger partial charge in [0.1, 0.15) is 12.6 Å². The molecule has 1 unspecified atom stereocenters. The molecule has 0 aliphatic carbocycles. The highest BCUT2D eigenvalue weighted by atomic mass is 16.4. The van der Waals surface area contributed by atoms with E-state index in [2.05, 4.69) is 5.32 Å². The fourth-order valence-electron chi connectivity index (χ4n) is 2.18. The van der Waals surface area contributed by atoms with Gasteiger partial charge in [-0.25, -0.2) is 9.59 Å². The fourth-order valence-corrected chi connectivity index (χ4v) is 2.18. The summed E-state index contributed by atoms with van der Waals surface area (Å²) in [5, 5.41) is 11.6. The van der Waals surface area contributed by atoms with E-state index in [-0.39, 0.29) is 13.0 Å². The normalized spacial score (nSPS) is 11.7. The zero-order chi connectivity index (χ0) is 17.7. The summed E-state index contributed by atoms with van der Waals surface area (Å²) in [6.45, 7) is -0.370. The van der Waals surface area contributed by atoms with Crippen LogP contribution in [0.5, 0.6) is 0 Å². The lowest BCUT2D eigenvalue weighted by Gasteiger charge is -2.15. The number of hydrogen-bond acceptors (Lipinski definition) is 4. The topological polar surface area (TPSA) is 110 Å². The summed E-state index contributed by atoms with van der Waals surface area (Å²) in [6, 6.07) is 8.94. The number of carbonyl (C=O) groups excluding carboxylic acids is 1. The molecule has 2 N–H and O–H groups in total. The molecule has 1 amide bonds. The molecule has 0 saturated carbocycles. The van der Waals surface area contributed by atoms with Crippen LogP contribution in [-0.2, 0) is 29.6 Å². The lowest BCUT2D eigenvalue weighted by atomic mass is 10.1. The van der Waals surface area contributed by atoms with Crippen LogP contribution in [-0.4, -0.2) is 32.2 Å². The number of amides is 1. The number of carboxylic acids is 1. The lowest BCUT2D eigenvalue weighted by Crippen LogP contribution is -2.46. The van der Waals surface area contributed by atoms with Gasteiger partial charge in [0, 0.05) is 25.7 Å². The van der Waals surface area contributed by atoms with E-state index in [0.717, 1.165) is 20.8 Å². The molecule has 1 aromatic carbocycles. The van der Waals surface area contributed by atoms with E-state index in [9.17, 15) is 24.3 Å². The zero-order valence-corrected chi connectivity index (χ0v) is 13.0. The van der Waals surface area contributed by atoms with Crippen molar-refractivity contribution in [3.8, 4) is 0 Å². The van der Waals surface area contributed by atoms with Crippen LogP contribution in [0.2, 0.25) is 0 Å². The van der Waals surface area contributed by atoms with Crippen molar-refractivity contribution < 1.29 is 14.7 Å². The van der Waals surface area contributed by atoms with Crippen LogP contribution in [0.1, 0.15) is 5.56 Å². The van der Waals surface area contributed by atoms with E-state index in [0.29, 0.717) is 0 Å². The number of nitrogens with one attached hydrogen (secondary N) is 1. The van der Waals surface area contributed by atoms with Crippen LogP contribution in [0.3, 0.4) is 0 Å². The van der Waals surface area contributed by atoms with Crippen molar-refractivity contribution in [3.05, 3.63) is 69.0 Å². The van der Waals surface area contributed by atoms with Gasteiger partial charge in [0.25, 0.3) is 5.56 Å². The third-order valence-electron chi connectivity index (χ3n) is 3.49. The molecule has 0 fully saturated rings. The molecule has 1 aromatic heterocycles. The maximum atomic E-state index is 12.0. The minimum atomic E-state index is -1.17. The Bertz CT molecular complexity index is 854. The van der Waals surface area contributed by atoms with Crippen molar-refractivity contribution in [3.63, 3.8) is 0 Å². The second kappa shape index (κ2) is 7.40. The number of carbonyl (C=O) groups is 2. The highest BCUT2D eigenvalue weighted by Crippen LogP contribution is 2.03. The molecule has 0 aliphatic heterocycles. The predicted octanol–water partition coefficient (Wildman–Crippen LogP) is -0.641. The molecule has 1 atom stereocenters. The number of nitrogens with zero attached hydrogens (tertiary/aromatic N) is 2. The first-order chi connectivity index (χ1) is 11.4. The second-order valence-corrected chi connectivity index (χ2v) is 5.27. The Morgan fingerprint density at radius 1 is 1.17 bits per heavy atom. The average molecular weight is 331 g/mol. The first kappa shape index (κ1) is 17.2. The molecule has 2 rings (SSSR count). The first-order valence-corrected chi connectivity index (χ1v) is 7.21. The summed E-state index contributed by atoms with van der Waals surface area (Å²) in [5.74, 6) is -1.79. The van der Waals surface area contributed by atoms with Crippen LogP contribution in [0.25, 0.3) is 0 Å². The van der Waals surface area contributed by atoms with Gasteiger partial charge >= 0.3 is 11.7 Å². The van der Waals surface area contributed by atoms with Gasteiger partial charge in [0.15, 0.2) is 0 Å². The molecule has 1 heterocycles. The molecule has 126 valence electrons. The number of hydrogen-bond donors (Lipinski definition) is 2. The smallest absolute Gasteiger partial charge is 0.331 e. The van der Waals surface area contributed by atoms with Crippen LogP contribution >= 0.6 is 0 Å².